The van der Waals surface area contributed by atoms with Crippen molar-refractivity contribution in [3.05, 3.63) is 12.2 Å². The average molecular weight is 170 g/mol. The second-order valence-electron chi connectivity index (χ2n) is 3.72. The minimum absolute atomic E-state index is 0.254. The molecule has 0 saturated heterocycles. The van der Waals surface area contributed by atoms with Gasteiger partial charge in [-0.05, 0) is 27.2 Å². The number of esters is 1. The summed E-state index contributed by atoms with van der Waals surface area (Å²) in [6, 6.07) is 0. The van der Waals surface area contributed by atoms with Gasteiger partial charge in [-0.25, -0.2) is 4.79 Å². The molecule has 0 aliphatic rings. The number of allylic oxidation sites excluding steroid dienone is 1. The lowest BCUT2D eigenvalue weighted by Gasteiger charge is -2.17. The van der Waals surface area contributed by atoms with Crippen LogP contribution in [0, 0.1) is 0 Å². The van der Waals surface area contributed by atoms with Crippen molar-refractivity contribution in [2.45, 2.75) is 46.1 Å². The first-order chi connectivity index (χ1) is 5.45. The van der Waals surface area contributed by atoms with Gasteiger partial charge in [0.1, 0.15) is 5.60 Å². The first kappa shape index (κ1) is 11.2. The van der Waals surface area contributed by atoms with Crippen LogP contribution in [0.4, 0.5) is 0 Å². The van der Waals surface area contributed by atoms with E-state index >= 15 is 0 Å². The zero-order valence-corrected chi connectivity index (χ0v) is 8.39. The first-order valence-electron chi connectivity index (χ1n) is 4.35. The lowest BCUT2D eigenvalue weighted by atomic mass is 10.2. The fraction of sp³-hybridized carbons (Fsp3) is 0.700. The fourth-order valence-corrected chi connectivity index (χ4v) is 0.682. The predicted octanol–water partition coefficient (Wildman–Crippen LogP) is 2.68. The molecule has 0 atom stereocenters. The van der Waals surface area contributed by atoms with Gasteiger partial charge in [-0.1, -0.05) is 19.4 Å². The van der Waals surface area contributed by atoms with Gasteiger partial charge in [0.25, 0.3) is 0 Å². The van der Waals surface area contributed by atoms with Crippen LogP contribution in [0.2, 0.25) is 0 Å². The van der Waals surface area contributed by atoms with Crippen LogP contribution >= 0.6 is 0 Å². The quantitative estimate of drug-likeness (QED) is 0.481. The molecule has 0 amide bonds. The zero-order valence-electron chi connectivity index (χ0n) is 8.39. The standard InChI is InChI=1S/C10H18O2/c1-5-6-7-8-9(11)12-10(2,3)4/h7-8H,5-6H2,1-4H3. The van der Waals surface area contributed by atoms with Gasteiger partial charge in [0, 0.05) is 6.08 Å². The molecule has 2 heteroatoms. The monoisotopic (exact) mass is 170 g/mol. The Balaban J connectivity index is 3.75. The van der Waals surface area contributed by atoms with Crippen LogP contribution < -0.4 is 0 Å². The van der Waals surface area contributed by atoms with Crippen molar-refractivity contribution in [1.29, 1.82) is 0 Å². The normalized spacial score (nSPS) is 12.0. The van der Waals surface area contributed by atoms with Gasteiger partial charge >= 0.3 is 5.97 Å². The van der Waals surface area contributed by atoms with E-state index in [0.717, 1.165) is 12.8 Å². The highest BCUT2D eigenvalue weighted by Crippen LogP contribution is 2.07. The number of unbranched alkanes of at least 4 members (excludes halogenated alkanes) is 1. The minimum atomic E-state index is -0.381. The SMILES string of the molecule is CCCC=CC(=O)OC(C)(C)C. The summed E-state index contributed by atoms with van der Waals surface area (Å²) in [6.45, 7) is 7.65. The summed E-state index contributed by atoms with van der Waals surface area (Å²) in [4.78, 5) is 11.0. The predicted molar refractivity (Wildman–Crippen MR) is 49.9 cm³/mol. The Kier molecular flexibility index (Phi) is 4.64. The molecule has 0 aromatic carbocycles. The minimum Gasteiger partial charge on any atom is -0.457 e. The van der Waals surface area contributed by atoms with E-state index < -0.39 is 0 Å². The number of ether oxygens (including phenoxy) is 1. The molecule has 0 aliphatic heterocycles. The summed E-state index contributed by atoms with van der Waals surface area (Å²) in [5, 5.41) is 0. The van der Waals surface area contributed by atoms with Crippen LogP contribution in [-0.2, 0) is 9.53 Å². The molecular formula is C10H18O2. The summed E-state index contributed by atoms with van der Waals surface area (Å²) in [5.74, 6) is -0.254. The number of hydrogen-bond donors (Lipinski definition) is 0. The van der Waals surface area contributed by atoms with Crippen LogP contribution in [0.15, 0.2) is 12.2 Å². The van der Waals surface area contributed by atoms with Gasteiger partial charge in [0.2, 0.25) is 0 Å². The molecule has 0 aromatic heterocycles. The maximum Gasteiger partial charge on any atom is 0.330 e. The largest absolute Gasteiger partial charge is 0.457 e. The van der Waals surface area contributed by atoms with Gasteiger partial charge < -0.3 is 4.74 Å². The molecule has 0 spiro atoms. The zero-order chi connectivity index (χ0) is 9.61. The summed E-state index contributed by atoms with van der Waals surface area (Å²) >= 11 is 0. The van der Waals surface area contributed by atoms with E-state index in [9.17, 15) is 4.79 Å². The number of carbonyl (C=O) groups excluding carboxylic acids is 1. The van der Waals surface area contributed by atoms with Gasteiger partial charge in [-0.15, -0.1) is 0 Å². The maximum absolute atomic E-state index is 11.0. The molecule has 0 heterocycles. The molecule has 0 radical (unpaired) electrons. The number of hydrogen-bond acceptors (Lipinski definition) is 2. The molecule has 0 saturated carbocycles. The topological polar surface area (TPSA) is 26.3 Å². The lowest BCUT2D eigenvalue weighted by molar-refractivity contribution is -0.148. The highest BCUT2D eigenvalue weighted by atomic mass is 16.6. The van der Waals surface area contributed by atoms with Crippen molar-refractivity contribution in [2.75, 3.05) is 0 Å². The van der Waals surface area contributed by atoms with Crippen LogP contribution in [0.3, 0.4) is 0 Å². The smallest absolute Gasteiger partial charge is 0.330 e. The summed E-state index contributed by atoms with van der Waals surface area (Å²) in [5.41, 5.74) is -0.381. The molecule has 0 aliphatic carbocycles. The summed E-state index contributed by atoms with van der Waals surface area (Å²) in [6.07, 6.45) is 5.32. The van der Waals surface area contributed by atoms with Crippen molar-refractivity contribution in [3.63, 3.8) is 0 Å². The molecule has 0 N–H and O–H groups in total. The molecule has 70 valence electrons. The lowest BCUT2D eigenvalue weighted by Crippen LogP contribution is -2.22. The summed E-state index contributed by atoms with van der Waals surface area (Å²) in [7, 11) is 0. The molecule has 2 nitrogen and oxygen atoms in total. The fourth-order valence-electron chi connectivity index (χ4n) is 0.682. The Morgan fingerprint density at radius 2 is 2.00 bits per heavy atom. The first-order valence-corrected chi connectivity index (χ1v) is 4.35. The molecule has 0 rings (SSSR count). The van der Waals surface area contributed by atoms with Gasteiger partial charge in [0.05, 0.1) is 0 Å². The van der Waals surface area contributed by atoms with Crippen LogP contribution in [0.25, 0.3) is 0 Å². The van der Waals surface area contributed by atoms with Crippen molar-refractivity contribution in [2.24, 2.45) is 0 Å². The number of carbonyl (C=O) groups is 1. The average Bonchev–Trinajstić information content (AvgIpc) is 1.84. The third-order valence-corrected chi connectivity index (χ3v) is 1.12. The van der Waals surface area contributed by atoms with Crippen molar-refractivity contribution >= 4 is 5.97 Å². The van der Waals surface area contributed by atoms with E-state index in [1.165, 1.54) is 6.08 Å². The van der Waals surface area contributed by atoms with E-state index in [1.807, 2.05) is 26.8 Å². The number of rotatable bonds is 3. The highest BCUT2D eigenvalue weighted by molar-refractivity contribution is 5.82. The third-order valence-electron chi connectivity index (χ3n) is 1.12. The second-order valence-corrected chi connectivity index (χ2v) is 3.72. The van der Waals surface area contributed by atoms with Crippen LogP contribution in [-0.4, -0.2) is 11.6 Å². The van der Waals surface area contributed by atoms with E-state index in [0.29, 0.717) is 0 Å². The molecule has 12 heavy (non-hydrogen) atoms. The molecular weight excluding hydrogens is 152 g/mol. The van der Waals surface area contributed by atoms with Crippen molar-refractivity contribution in [3.8, 4) is 0 Å². The van der Waals surface area contributed by atoms with E-state index in [1.54, 1.807) is 0 Å². The van der Waals surface area contributed by atoms with E-state index in [4.69, 9.17) is 4.74 Å². The van der Waals surface area contributed by atoms with Crippen molar-refractivity contribution < 1.29 is 9.53 Å². The van der Waals surface area contributed by atoms with Gasteiger partial charge in [0.15, 0.2) is 0 Å². The van der Waals surface area contributed by atoms with E-state index in [2.05, 4.69) is 6.92 Å². The van der Waals surface area contributed by atoms with Crippen LogP contribution in [0.5, 0.6) is 0 Å². The van der Waals surface area contributed by atoms with Crippen LogP contribution in [0.1, 0.15) is 40.5 Å². The Morgan fingerprint density at radius 1 is 1.42 bits per heavy atom. The molecule has 0 aromatic rings. The molecule has 0 fully saturated rings. The van der Waals surface area contributed by atoms with Gasteiger partial charge in [-0.3, -0.25) is 0 Å². The van der Waals surface area contributed by atoms with E-state index in [-0.39, 0.29) is 11.6 Å². The second kappa shape index (κ2) is 4.96. The van der Waals surface area contributed by atoms with Gasteiger partial charge in [-0.2, -0.15) is 0 Å². The maximum atomic E-state index is 11.0. The molecule has 0 bridgehead atoms. The molecule has 0 unspecified atom stereocenters. The Labute approximate surface area is 74.6 Å². The Morgan fingerprint density at radius 3 is 2.42 bits per heavy atom. The summed E-state index contributed by atoms with van der Waals surface area (Å²) < 4.78 is 5.06. The Hall–Kier alpha value is -0.790. The third kappa shape index (κ3) is 7.32. The van der Waals surface area contributed by atoms with Crippen molar-refractivity contribution in [1.82, 2.24) is 0 Å². The Bertz CT molecular complexity index is 163. The highest BCUT2D eigenvalue weighted by Gasteiger charge is 2.13.